The summed E-state index contributed by atoms with van der Waals surface area (Å²) in [5.41, 5.74) is 1.62. The molecule has 186 valence electrons. The molecule has 0 saturated carbocycles. The Balaban J connectivity index is 2.22. The third kappa shape index (κ3) is 8.40. The summed E-state index contributed by atoms with van der Waals surface area (Å²) in [7, 11) is 0. The van der Waals surface area contributed by atoms with Crippen LogP contribution in [0.3, 0.4) is 0 Å². The van der Waals surface area contributed by atoms with Crippen LogP contribution in [-0.4, -0.2) is 41.5 Å². The molecule has 6 heteroatoms. The maximum Gasteiger partial charge on any atom is 0.243 e. The van der Waals surface area contributed by atoms with Gasteiger partial charge in [0, 0.05) is 18.5 Å². The third-order valence-corrected chi connectivity index (χ3v) is 5.32. The Labute approximate surface area is 204 Å². The van der Waals surface area contributed by atoms with Crippen LogP contribution < -0.4 is 14.8 Å². The van der Waals surface area contributed by atoms with Crippen molar-refractivity contribution in [3.63, 3.8) is 0 Å². The fourth-order valence-corrected chi connectivity index (χ4v) is 3.80. The summed E-state index contributed by atoms with van der Waals surface area (Å²) in [6.45, 7) is 13.1. The molecule has 0 fully saturated rings. The van der Waals surface area contributed by atoms with Gasteiger partial charge >= 0.3 is 0 Å². The monoisotopic (exact) mass is 468 g/mol. The number of aryl methyl sites for hydroxylation is 1. The average molecular weight is 469 g/mol. The molecule has 0 aliphatic carbocycles. The molecule has 6 nitrogen and oxygen atoms in total. The summed E-state index contributed by atoms with van der Waals surface area (Å²) in [6.07, 6.45) is 1.39. The van der Waals surface area contributed by atoms with Crippen molar-refractivity contribution in [1.82, 2.24) is 10.2 Å². The summed E-state index contributed by atoms with van der Waals surface area (Å²) in [5.74, 6) is 1.21. The minimum atomic E-state index is -0.536. The van der Waals surface area contributed by atoms with Crippen molar-refractivity contribution in [2.45, 2.75) is 78.9 Å². The molecule has 0 saturated heterocycles. The second-order valence-corrected chi connectivity index (χ2v) is 9.32. The van der Waals surface area contributed by atoms with Crippen molar-refractivity contribution >= 4 is 11.8 Å². The standard InChI is InChI=1S/C28H40N2O4/c1-7-23(27(32)29-28(4,5)6)30(20-22-13-11-10-12-14-22)26(31)18-16-21-15-17-24(33-8-2)25(19-21)34-9-3/h10-15,17,19,23H,7-9,16,18,20H2,1-6H3,(H,29,32)/t23-/m0/s1. The molecular weight excluding hydrogens is 428 g/mol. The molecule has 2 aromatic carbocycles. The number of benzene rings is 2. The van der Waals surface area contributed by atoms with Crippen LogP contribution in [0.5, 0.6) is 11.5 Å². The highest BCUT2D eigenvalue weighted by molar-refractivity contribution is 5.88. The zero-order chi connectivity index (χ0) is 25.1. The second kappa shape index (κ2) is 13.0. The van der Waals surface area contributed by atoms with E-state index in [9.17, 15) is 9.59 Å². The number of hydrogen-bond donors (Lipinski definition) is 1. The number of amides is 2. The molecule has 0 bridgehead atoms. The predicted molar refractivity (Wildman–Crippen MR) is 136 cm³/mol. The molecule has 34 heavy (non-hydrogen) atoms. The van der Waals surface area contributed by atoms with Crippen LogP contribution >= 0.6 is 0 Å². The smallest absolute Gasteiger partial charge is 0.243 e. The lowest BCUT2D eigenvalue weighted by Gasteiger charge is -2.33. The van der Waals surface area contributed by atoms with Gasteiger partial charge in [-0.3, -0.25) is 9.59 Å². The van der Waals surface area contributed by atoms with E-state index in [2.05, 4.69) is 5.32 Å². The van der Waals surface area contributed by atoms with Crippen molar-refractivity contribution in [3.8, 4) is 11.5 Å². The van der Waals surface area contributed by atoms with Crippen molar-refractivity contribution in [1.29, 1.82) is 0 Å². The summed E-state index contributed by atoms with van der Waals surface area (Å²) in [5, 5.41) is 3.04. The van der Waals surface area contributed by atoms with Crippen LogP contribution in [0, 0.1) is 0 Å². The Morgan fingerprint density at radius 1 is 0.912 bits per heavy atom. The van der Waals surface area contributed by atoms with Gasteiger partial charge in [-0.1, -0.05) is 43.3 Å². The Bertz CT molecular complexity index is 922. The van der Waals surface area contributed by atoms with E-state index in [-0.39, 0.29) is 17.4 Å². The summed E-state index contributed by atoms with van der Waals surface area (Å²) < 4.78 is 11.4. The van der Waals surface area contributed by atoms with Gasteiger partial charge in [-0.2, -0.15) is 0 Å². The van der Waals surface area contributed by atoms with Crippen LogP contribution in [-0.2, 0) is 22.6 Å². The SMILES string of the molecule is CCOc1ccc(CCC(=O)N(Cc2ccccc2)[C@@H](CC)C(=O)NC(C)(C)C)cc1OCC. The largest absolute Gasteiger partial charge is 0.490 e. The van der Waals surface area contributed by atoms with E-state index in [0.29, 0.717) is 50.5 Å². The van der Waals surface area contributed by atoms with Gasteiger partial charge in [0.15, 0.2) is 11.5 Å². The highest BCUT2D eigenvalue weighted by Crippen LogP contribution is 2.29. The quantitative estimate of drug-likeness (QED) is 0.468. The van der Waals surface area contributed by atoms with Gasteiger partial charge in [0.1, 0.15) is 6.04 Å². The molecule has 0 unspecified atom stereocenters. The zero-order valence-electron chi connectivity index (χ0n) is 21.5. The molecule has 0 aromatic heterocycles. The summed E-state index contributed by atoms with van der Waals surface area (Å²) in [4.78, 5) is 28.3. The molecule has 0 heterocycles. The summed E-state index contributed by atoms with van der Waals surface area (Å²) >= 11 is 0. The van der Waals surface area contributed by atoms with Gasteiger partial charge in [-0.15, -0.1) is 0 Å². The van der Waals surface area contributed by atoms with E-state index >= 15 is 0 Å². The maximum atomic E-state index is 13.5. The third-order valence-electron chi connectivity index (χ3n) is 5.32. The number of hydrogen-bond acceptors (Lipinski definition) is 4. The highest BCUT2D eigenvalue weighted by atomic mass is 16.5. The summed E-state index contributed by atoms with van der Waals surface area (Å²) in [6, 6.07) is 15.1. The van der Waals surface area contributed by atoms with E-state index in [1.165, 1.54) is 0 Å². The number of carbonyl (C=O) groups excluding carboxylic acids is 2. The van der Waals surface area contributed by atoms with Crippen molar-refractivity contribution < 1.29 is 19.1 Å². The van der Waals surface area contributed by atoms with E-state index in [1.54, 1.807) is 4.90 Å². The number of ether oxygens (including phenoxy) is 2. The van der Waals surface area contributed by atoms with Gasteiger partial charge in [-0.25, -0.2) is 0 Å². The number of nitrogens with zero attached hydrogens (tertiary/aromatic N) is 1. The van der Waals surface area contributed by atoms with Gasteiger partial charge in [0.05, 0.1) is 13.2 Å². The Morgan fingerprint density at radius 2 is 1.56 bits per heavy atom. The minimum Gasteiger partial charge on any atom is -0.490 e. The molecule has 0 radical (unpaired) electrons. The van der Waals surface area contributed by atoms with Gasteiger partial charge < -0.3 is 19.7 Å². The molecule has 2 amide bonds. The van der Waals surface area contributed by atoms with Gasteiger partial charge in [0.2, 0.25) is 11.8 Å². The lowest BCUT2D eigenvalue weighted by Crippen LogP contribution is -2.53. The highest BCUT2D eigenvalue weighted by Gasteiger charge is 2.30. The molecule has 0 spiro atoms. The lowest BCUT2D eigenvalue weighted by molar-refractivity contribution is -0.142. The molecule has 1 atom stereocenters. The first-order valence-corrected chi connectivity index (χ1v) is 12.2. The van der Waals surface area contributed by atoms with E-state index in [0.717, 1.165) is 11.1 Å². The molecule has 0 aliphatic heterocycles. The first kappa shape index (κ1) is 27.2. The van der Waals surface area contributed by atoms with E-state index in [4.69, 9.17) is 9.47 Å². The average Bonchev–Trinajstić information content (AvgIpc) is 2.78. The van der Waals surface area contributed by atoms with Crippen LogP contribution in [0.15, 0.2) is 48.5 Å². The minimum absolute atomic E-state index is 0.0494. The van der Waals surface area contributed by atoms with Crippen molar-refractivity contribution in [2.75, 3.05) is 13.2 Å². The molecular formula is C28H40N2O4. The molecule has 2 aromatic rings. The molecule has 1 N–H and O–H groups in total. The fourth-order valence-electron chi connectivity index (χ4n) is 3.80. The fraction of sp³-hybridized carbons (Fsp3) is 0.500. The predicted octanol–water partition coefficient (Wildman–Crippen LogP) is 5.14. The number of carbonyl (C=O) groups is 2. The lowest BCUT2D eigenvalue weighted by atomic mass is 10.0. The maximum absolute atomic E-state index is 13.5. The Morgan fingerprint density at radius 3 is 2.15 bits per heavy atom. The molecule has 2 rings (SSSR count). The topological polar surface area (TPSA) is 67.9 Å². The Kier molecular flexibility index (Phi) is 10.4. The zero-order valence-corrected chi connectivity index (χ0v) is 21.5. The van der Waals surface area contributed by atoms with Gasteiger partial charge in [0.25, 0.3) is 0 Å². The van der Waals surface area contributed by atoms with Gasteiger partial charge in [-0.05, 0) is 70.7 Å². The Hall–Kier alpha value is -3.02. The van der Waals surface area contributed by atoms with Crippen LogP contribution in [0.1, 0.15) is 65.5 Å². The normalized spacial score (nSPS) is 12.1. The molecule has 0 aliphatic rings. The van der Waals surface area contributed by atoms with E-state index < -0.39 is 6.04 Å². The first-order chi connectivity index (χ1) is 16.2. The van der Waals surface area contributed by atoms with Crippen LogP contribution in [0.2, 0.25) is 0 Å². The van der Waals surface area contributed by atoms with Crippen LogP contribution in [0.25, 0.3) is 0 Å². The van der Waals surface area contributed by atoms with Crippen LogP contribution in [0.4, 0.5) is 0 Å². The van der Waals surface area contributed by atoms with Crippen molar-refractivity contribution in [3.05, 3.63) is 59.7 Å². The second-order valence-electron chi connectivity index (χ2n) is 9.32. The number of nitrogens with one attached hydrogen (secondary N) is 1. The van der Waals surface area contributed by atoms with Crippen molar-refractivity contribution in [2.24, 2.45) is 0 Å². The van der Waals surface area contributed by atoms with E-state index in [1.807, 2.05) is 90.1 Å². The number of rotatable bonds is 12. The first-order valence-electron chi connectivity index (χ1n) is 12.2.